The highest BCUT2D eigenvalue weighted by atomic mass is 16.3. The monoisotopic (exact) mass is 779 g/mol. The Morgan fingerprint density at radius 2 is 0.672 bits per heavy atom. The van der Waals surface area contributed by atoms with E-state index in [0.717, 1.165) is 83.2 Å². The summed E-state index contributed by atoms with van der Waals surface area (Å²) in [5.74, 6) is 0. The van der Waals surface area contributed by atoms with E-state index in [1.165, 1.54) is 33.0 Å². The molecule has 0 aliphatic rings. The molecule has 0 fully saturated rings. The second-order valence-electron chi connectivity index (χ2n) is 15.7. The summed E-state index contributed by atoms with van der Waals surface area (Å²) in [6.07, 6.45) is 0. The van der Waals surface area contributed by atoms with E-state index in [1.807, 2.05) is 24.3 Å². The van der Waals surface area contributed by atoms with Gasteiger partial charge in [0.25, 0.3) is 0 Å². The Balaban J connectivity index is 0.917. The molecule has 0 amide bonds. The third-order valence-corrected chi connectivity index (χ3v) is 12.1. The van der Waals surface area contributed by atoms with Crippen LogP contribution < -0.4 is 4.90 Å². The van der Waals surface area contributed by atoms with Crippen molar-refractivity contribution >= 4 is 71.7 Å². The maximum Gasteiger partial charge on any atom is 0.135 e. The van der Waals surface area contributed by atoms with Gasteiger partial charge in [0.1, 0.15) is 22.3 Å². The van der Waals surface area contributed by atoms with Crippen LogP contribution in [0.3, 0.4) is 0 Å². The van der Waals surface area contributed by atoms with Crippen molar-refractivity contribution in [3.8, 4) is 44.5 Å². The van der Waals surface area contributed by atoms with Gasteiger partial charge in [0.2, 0.25) is 0 Å². The zero-order valence-electron chi connectivity index (χ0n) is 33.1. The maximum atomic E-state index is 6.17. The quantitative estimate of drug-likeness (QED) is 0.161. The molecule has 0 N–H and O–H groups in total. The number of hydrogen-bond donors (Lipinski definition) is 0. The molecule has 286 valence electrons. The van der Waals surface area contributed by atoms with Gasteiger partial charge in [-0.3, -0.25) is 0 Å². The van der Waals surface area contributed by atoms with Crippen LogP contribution in [0.4, 0.5) is 17.1 Å². The smallest absolute Gasteiger partial charge is 0.135 e. The minimum absolute atomic E-state index is 0.895. The van der Waals surface area contributed by atoms with Gasteiger partial charge in [0.05, 0.1) is 0 Å². The van der Waals surface area contributed by atoms with Crippen LogP contribution >= 0.6 is 0 Å². The summed E-state index contributed by atoms with van der Waals surface area (Å²) in [6.45, 7) is 0. The van der Waals surface area contributed by atoms with Crippen LogP contribution in [0.25, 0.3) is 99.2 Å². The Morgan fingerprint density at radius 1 is 0.246 bits per heavy atom. The van der Waals surface area contributed by atoms with E-state index in [4.69, 9.17) is 8.83 Å². The molecule has 0 bridgehead atoms. The van der Waals surface area contributed by atoms with E-state index in [1.54, 1.807) is 0 Å². The van der Waals surface area contributed by atoms with Crippen LogP contribution in [0, 0.1) is 0 Å². The molecular formula is C58H37NO2. The maximum absolute atomic E-state index is 6.17. The van der Waals surface area contributed by atoms with E-state index in [2.05, 4.69) is 205 Å². The van der Waals surface area contributed by atoms with Gasteiger partial charge in [0, 0.05) is 38.6 Å². The second kappa shape index (κ2) is 14.3. The van der Waals surface area contributed by atoms with E-state index >= 15 is 0 Å². The molecule has 2 heterocycles. The molecule has 2 aromatic heterocycles. The molecule has 0 aliphatic carbocycles. The zero-order valence-corrected chi connectivity index (χ0v) is 33.1. The lowest BCUT2D eigenvalue weighted by atomic mass is 9.96. The highest BCUT2D eigenvalue weighted by Crippen LogP contribution is 2.41. The summed E-state index contributed by atoms with van der Waals surface area (Å²) in [5.41, 5.74) is 16.2. The Morgan fingerprint density at radius 3 is 1.30 bits per heavy atom. The molecule has 0 aliphatic heterocycles. The van der Waals surface area contributed by atoms with Gasteiger partial charge in [-0.05, 0) is 128 Å². The van der Waals surface area contributed by atoms with E-state index in [9.17, 15) is 0 Å². The SMILES string of the molecule is c1cc(-c2ccc3oc4ccccc4c3c2)cc(N(c2ccc(-c3ccc(-c4cccc5ccccc45)cc3)cc2)c2ccc(-c3ccc4oc5ccccc5c4c3)cc2)c1. The molecule has 0 atom stereocenters. The Hall–Kier alpha value is -8.14. The molecule has 3 heteroatoms. The fraction of sp³-hybridized carbons (Fsp3) is 0. The lowest BCUT2D eigenvalue weighted by molar-refractivity contribution is 0.668. The number of furan rings is 2. The summed E-state index contributed by atoms with van der Waals surface area (Å²) in [5, 5.41) is 7.02. The Bertz CT molecular complexity index is 3570. The summed E-state index contributed by atoms with van der Waals surface area (Å²) >= 11 is 0. The molecule has 0 saturated heterocycles. The van der Waals surface area contributed by atoms with Crippen LogP contribution in [-0.4, -0.2) is 0 Å². The molecule has 0 spiro atoms. The van der Waals surface area contributed by atoms with Crippen molar-refractivity contribution < 1.29 is 8.83 Å². The zero-order chi connectivity index (χ0) is 40.3. The van der Waals surface area contributed by atoms with Gasteiger partial charge in [-0.25, -0.2) is 0 Å². The number of anilines is 3. The van der Waals surface area contributed by atoms with Crippen LogP contribution in [0.15, 0.2) is 233 Å². The minimum atomic E-state index is 0.895. The first-order valence-electron chi connectivity index (χ1n) is 20.7. The lowest BCUT2D eigenvalue weighted by Gasteiger charge is -2.26. The van der Waals surface area contributed by atoms with Crippen molar-refractivity contribution in [2.24, 2.45) is 0 Å². The standard InChI is InChI=1S/C58H37NO2/c1-2-13-49-41(9-1)10-8-16-50(49)42-21-19-38(20-22-42)39-23-29-46(30-24-39)59(47-31-25-40(26-32-47)44-27-33-57-53(36-44)51-14-3-5-17-55(51)60-57)48-12-7-11-43(35-48)45-28-34-58-54(37-45)52-15-4-6-18-56(52)61-58/h1-37H. The topological polar surface area (TPSA) is 29.5 Å². The summed E-state index contributed by atoms with van der Waals surface area (Å²) in [4.78, 5) is 2.35. The van der Waals surface area contributed by atoms with Crippen LogP contribution in [0.5, 0.6) is 0 Å². The second-order valence-corrected chi connectivity index (χ2v) is 15.7. The van der Waals surface area contributed by atoms with Crippen LogP contribution in [0.1, 0.15) is 0 Å². The van der Waals surface area contributed by atoms with Gasteiger partial charge >= 0.3 is 0 Å². The van der Waals surface area contributed by atoms with E-state index < -0.39 is 0 Å². The molecule has 0 radical (unpaired) electrons. The van der Waals surface area contributed by atoms with Crippen molar-refractivity contribution in [2.75, 3.05) is 4.90 Å². The molecule has 3 nitrogen and oxygen atoms in total. The van der Waals surface area contributed by atoms with Crippen molar-refractivity contribution in [1.82, 2.24) is 0 Å². The molecule has 0 unspecified atom stereocenters. The number of benzene rings is 10. The number of rotatable bonds is 7. The van der Waals surface area contributed by atoms with Gasteiger partial charge in [-0.2, -0.15) is 0 Å². The van der Waals surface area contributed by atoms with Gasteiger partial charge < -0.3 is 13.7 Å². The molecule has 61 heavy (non-hydrogen) atoms. The Labute approximate surface area is 353 Å². The fourth-order valence-electron chi connectivity index (χ4n) is 9.01. The minimum Gasteiger partial charge on any atom is -0.456 e. The van der Waals surface area contributed by atoms with Crippen molar-refractivity contribution in [3.05, 3.63) is 224 Å². The third kappa shape index (κ3) is 6.14. The van der Waals surface area contributed by atoms with Crippen LogP contribution in [0.2, 0.25) is 0 Å². The molecule has 0 saturated carbocycles. The summed E-state index contributed by atoms with van der Waals surface area (Å²) in [7, 11) is 0. The molecule has 12 aromatic rings. The predicted molar refractivity (Wildman–Crippen MR) is 255 cm³/mol. The third-order valence-electron chi connectivity index (χ3n) is 12.1. The number of para-hydroxylation sites is 2. The first kappa shape index (κ1) is 34.9. The van der Waals surface area contributed by atoms with Crippen LogP contribution in [-0.2, 0) is 0 Å². The normalized spacial score (nSPS) is 11.6. The molecular weight excluding hydrogens is 743 g/mol. The number of hydrogen-bond acceptors (Lipinski definition) is 3. The lowest BCUT2D eigenvalue weighted by Crippen LogP contribution is -2.10. The van der Waals surface area contributed by atoms with Gasteiger partial charge in [0.15, 0.2) is 0 Å². The largest absolute Gasteiger partial charge is 0.456 e. The van der Waals surface area contributed by atoms with Crippen molar-refractivity contribution in [2.45, 2.75) is 0 Å². The molecule has 10 aromatic carbocycles. The summed E-state index contributed by atoms with van der Waals surface area (Å²) < 4.78 is 12.3. The highest BCUT2D eigenvalue weighted by molar-refractivity contribution is 6.07. The average molecular weight is 780 g/mol. The van der Waals surface area contributed by atoms with Gasteiger partial charge in [-0.1, -0.05) is 152 Å². The first-order valence-corrected chi connectivity index (χ1v) is 20.7. The van der Waals surface area contributed by atoms with E-state index in [-0.39, 0.29) is 0 Å². The van der Waals surface area contributed by atoms with Crippen molar-refractivity contribution in [1.29, 1.82) is 0 Å². The molecule has 12 rings (SSSR count). The van der Waals surface area contributed by atoms with Gasteiger partial charge in [-0.15, -0.1) is 0 Å². The fourth-order valence-corrected chi connectivity index (χ4v) is 9.01. The number of fused-ring (bicyclic) bond motifs is 7. The summed E-state index contributed by atoms with van der Waals surface area (Å²) in [6, 6.07) is 80.1. The number of nitrogens with zero attached hydrogens (tertiary/aromatic N) is 1. The average Bonchev–Trinajstić information content (AvgIpc) is 3.90. The highest BCUT2D eigenvalue weighted by Gasteiger charge is 2.16. The first-order chi connectivity index (χ1) is 30.2. The predicted octanol–water partition coefficient (Wildman–Crippen LogP) is 16.8. The Kier molecular flexibility index (Phi) is 8.17. The van der Waals surface area contributed by atoms with E-state index in [0.29, 0.717) is 0 Å². The van der Waals surface area contributed by atoms with Crippen molar-refractivity contribution in [3.63, 3.8) is 0 Å².